The van der Waals surface area contributed by atoms with Crippen molar-refractivity contribution in [1.29, 1.82) is 0 Å². The first-order chi connectivity index (χ1) is 24.6. The van der Waals surface area contributed by atoms with Crippen molar-refractivity contribution in [3.05, 3.63) is 0 Å². The van der Waals surface area contributed by atoms with Crippen molar-refractivity contribution in [3.63, 3.8) is 0 Å². The van der Waals surface area contributed by atoms with Gasteiger partial charge < -0.3 is 29.2 Å². The average molecular weight is 729 g/mol. The topological polar surface area (TPSA) is 83.9 Å². The summed E-state index contributed by atoms with van der Waals surface area (Å²) in [5.41, 5.74) is -0.159. The number of hydrogen-bond donors (Lipinski definition) is 2. The van der Waals surface area contributed by atoms with E-state index in [1.807, 2.05) is 20.8 Å². The summed E-state index contributed by atoms with van der Waals surface area (Å²) in [7, 11) is 1.76. The van der Waals surface area contributed by atoms with E-state index in [4.69, 9.17) is 18.9 Å². The van der Waals surface area contributed by atoms with E-state index >= 15 is 0 Å². The first-order valence-electron chi connectivity index (χ1n) is 21.9. The average Bonchev–Trinajstić information content (AvgIpc) is 3.67. The Morgan fingerprint density at radius 2 is 1.62 bits per heavy atom. The van der Waals surface area contributed by atoms with E-state index in [2.05, 4.69) is 44.4 Å². The molecule has 8 rings (SSSR count). The summed E-state index contributed by atoms with van der Waals surface area (Å²) in [4.78, 5) is 5.38. The summed E-state index contributed by atoms with van der Waals surface area (Å²) in [6, 6.07) is 1.53. The van der Waals surface area contributed by atoms with Crippen LogP contribution in [0.25, 0.3) is 0 Å². The first-order valence-corrected chi connectivity index (χ1v) is 21.9. The molecule has 8 fully saturated rings. The lowest BCUT2D eigenvalue weighted by Crippen LogP contribution is -2.66. The van der Waals surface area contributed by atoms with Crippen molar-refractivity contribution < 1.29 is 29.2 Å². The zero-order valence-electron chi connectivity index (χ0n) is 34.5. The molecule has 0 aromatic carbocycles. The van der Waals surface area contributed by atoms with Gasteiger partial charge in [-0.05, 0) is 137 Å². The van der Waals surface area contributed by atoms with Crippen LogP contribution in [0.15, 0.2) is 0 Å². The van der Waals surface area contributed by atoms with Crippen molar-refractivity contribution in [2.75, 3.05) is 46.5 Å². The number of ether oxygens (including phenoxy) is 4. The number of nitrogens with zero attached hydrogens (tertiary/aromatic N) is 2. The molecule has 0 bridgehead atoms. The Morgan fingerprint density at radius 1 is 0.904 bits per heavy atom. The predicted octanol–water partition coefficient (Wildman–Crippen LogP) is 6.89. The smallest absolute Gasteiger partial charge is 0.170 e. The number of likely N-dealkylation sites (tertiary alicyclic amines) is 1. The highest BCUT2D eigenvalue weighted by Crippen LogP contribution is 2.89. The second kappa shape index (κ2) is 13.4. The molecule has 0 amide bonds. The van der Waals surface area contributed by atoms with Gasteiger partial charge in [-0.25, -0.2) is 0 Å². The van der Waals surface area contributed by atoms with Gasteiger partial charge in [-0.15, -0.1) is 0 Å². The zero-order chi connectivity index (χ0) is 37.1. The highest BCUT2D eigenvalue weighted by molar-refractivity contribution is 5.31. The largest absolute Gasteiger partial charge is 0.393 e. The lowest BCUT2D eigenvalue weighted by molar-refractivity contribution is -0.254. The standard InChI is InChI=1S/C44H76N2O6/c1-10-50-38(40(5,6)48)32(49-9)22-28(2)31-23-35(47)42(8)34-15-14-33-39(3,4)36(16-17-43(33)27-44(34,43)19-18-41(31,42)7)52-37-26-45(20-21-51-37)30-24-46(25-30)29-12-11-13-29/h28-38,47-48H,10-27H2,1-9H3/t28-,31-,32?,33+,34?,35+,36+,37+,38+,41-,42-,43-,44+/m1/s1. The molecular formula is C44H76N2O6. The van der Waals surface area contributed by atoms with Crippen LogP contribution in [-0.4, -0.2) is 115 Å². The van der Waals surface area contributed by atoms with Crippen LogP contribution in [0.5, 0.6) is 0 Å². The van der Waals surface area contributed by atoms with Crippen LogP contribution in [0.2, 0.25) is 0 Å². The van der Waals surface area contributed by atoms with Gasteiger partial charge in [0.05, 0.1) is 30.5 Å². The molecule has 52 heavy (non-hydrogen) atoms. The van der Waals surface area contributed by atoms with Crippen molar-refractivity contribution in [3.8, 4) is 0 Å². The van der Waals surface area contributed by atoms with Crippen LogP contribution in [0.1, 0.15) is 132 Å². The summed E-state index contributed by atoms with van der Waals surface area (Å²) in [6.07, 6.45) is 13.9. The fraction of sp³-hybridized carbons (Fsp3) is 1.00. The Balaban J connectivity index is 0.942. The highest BCUT2D eigenvalue weighted by Gasteiger charge is 2.83. The van der Waals surface area contributed by atoms with E-state index in [0.717, 1.165) is 45.0 Å². The fourth-order valence-corrected chi connectivity index (χ4v) is 15.3. The molecule has 2 aliphatic heterocycles. The van der Waals surface area contributed by atoms with Gasteiger partial charge in [-0.1, -0.05) is 41.0 Å². The number of hydrogen-bond acceptors (Lipinski definition) is 8. The van der Waals surface area contributed by atoms with Crippen molar-refractivity contribution in [2.24, 2.45) is 50.7 Å². The molecule has 6 saturated carbocycles. The molecule has 8 aliphatic rings. The summed E-state index contributed by atoms with van der Waals surface area (Å²) < 4.78 is 25.5. The Morgan fingerprint density at radius 3 is 2.27 bits per heavy atom. The molecule has 2 spiro atoms. The molecule has 0 aromatic heterocycles. The predicted molar refractivity (Wildman–Crippen MR) is 204 cm³/mol. The Bertz CT molecular complexity index is 1300. The van der Waals surface area contributed by atoms with E-state index in [1.54, 1.807) is 7.11 Å². The van der Waals surface area contributed by atoms with Gasteiger partial charge >= 0.3 is 0 Å². The minimum Gasteiger partial charge on any atom is -0.393 e. The number of fused-ring (bicyclic) bond motifs is 2. The van der Waals surface area contributed by atoms with Gasteiger partial charge in [-0.2, -0.15) is 0 Å². The maximum Gasteiger partial charge on any atom is 0.170 e. The van der Waals surface area contributed by atoms with Crippen LogP contribution in [-0.2, 0) is 18.9 Å². The summed E-state index contributed by atoms with van der Waals surface area (Å²) in [6.45, 7) is 23.9. The molecule has 6 aliphatic carbocycles. The lowest BCUT2D eigenvalue weighted by Gasteiger charge is -2.64. The summed E-state index contributed by atoms with van der Waals surface area (Å²) >= 11 is 0. The molecule has 2 heterocycles. The normalized spacial score (nSPS) is 46.9. The SMILES string of the molecule is CCO[C@@H](C(C[C@@H](C)[C@H]1C[C@H](O)[C@@]2(C)C3CC[C@H]4C(C)(C)[C@@H](O[C@H]5CN(C6CN(C7CCC7)C6)CCO5)CC[C@@]45C[C@@]35CC[C@]12C)OC)C(C)(C)O. The number of morpholine rings is 1. The van der Waals surface area contributed by atoms with Crippen LogP contribution in [0, 0.1) is 50.7 Å². The third-order valence-corrected chi connectivity index (χ3v) is 18.5. The van der Waals surface area contributed by atoms with E-state index < -0.39 is 5.60 Å². The van der Waals surface area contributed by atoms with Crippen molar-refractivity contribution in [2.45, 2.75) is 181 Å². The minimum atomic E-state index is -0.991. The lowest BCUT2D eigenvalue weighted by atomic mass is 9.41. The van der Waals surface area contributed by atoms with Crippen molar-refractivity contribution in [1.82, 2.24) is 9.80 Å². The summed E-state index contributed by atoms with van der Waals surface area (Å²) in [5.74, 6) is 2.00. The van der Waals surface area contributed by atoms with Crippen LogP contribution >= 0.6 is 0 Å². The molecule has 13 atom stereocenters. The fourth-order valence-electron chi connectivity index (χ4n) is 15.3. The van der Waals surface area contributed by atoms with E-state index in [-0.39, 0.29) is 47.0 Å². The van der Waals surface area contributed by atoms with Gasteiger partial charge in [0.2, 0.25) is 0 Å². The quantitative estimate of drug-likeness (QED) is 0.225. The minimum absolute atomic E-state index is 0.0713. The highest BCUT2D eigenvalue weighted by atomic mass is 16.7. The van der Waals surface area contributed by atoms with Crippen LogP contribution in [0.4, 0.5) is 0 Å². The van der Waals surface area contributed by atoms with Gasteiger partial charge in [-0.3, -0.25) is 9.80 Å². The molecule has 2 saturated heterocycles. The molecule has 0 radical (unpaired) electrons. The monoisotopic (exact) mass is 729 g/mol. The van der Waals surface area contributed by atoms with Gasteiger partial charge in [0.15, 0.2) is 6.29 Å². The van der Waals surface area contributed by atoms with Crippen LogP contribution in [0.3, 0.4) is 0 Å². The second-order valence-electron chi connectivity index (χ2n) is 21.2. The Kier molecular flexibility index (Phi) is 9.92. The summed E-state index contributed by atoms with van der Waals surface area (Å²) in [5, 5.41) is 23.3. The first kappa shape index (κ1) is 38.5. The Hall–Kier alpha value is -0.320. The molecule has 8 nitrogen and oxygen atoms in total. The van der Waals surface area contributed by atoms with E-state index in [0.29, 0.717) is 47.2 Å². The molecule has 0 aromatic rings. The van der Waals surface area contributed by atoms with Crippen LogP contribution < -0.4 is 0 Å². The zero-order valence-corrected chi connectivity index (χ0v) is 34.5. The van der Waals surface area contributed by atoms with Crippen molar-refractivity contribution >= 4 is 0 Å². The van der Waals surface area contributed by atoms with E-state index in [9.17, 15) is 10.2 Å². The number of rotatable bonds is 12. The Labute approximate surface area is 316 Å². The molecule has 298 valence electrons. The number of aliphatic hydroxyl groups is 2. The molecule has 2 N–H and O–H groups in total. The third-order valence-electron chi connectivity index (χ3n) is 18.5. The molecular weight excluding hydrogens is 652 g/mol. The van der Waals surface area contributed by atoms with Gasteiger partial charge in [0, 0.05) is 57.4 Å². The van der Waals surface area contributed by atoms with Gasteiger partial charge in [0.25, 0.3) is 0 Å². The number of methoxy groups -OCH3 is 1. The maximum absolute atomic E-state index is 12.3. The molecule has 8 heteroatoms. The molecule has 2 unspecified atom stereocenters. The number of aliphatic hydroxyl groups excluding tert-OH is 1. The maximum atomic E-state index is 12.3. The third kappa shape index (κ3) is 5.62. The van der Waals surface area contributed by atoms with E-state index in [1.165, 1.54) is 70.9 Å². The second-order valence-corrected chi connectivity index (χ2v) is 21.2. The van der Waals surface area contributed by atoms with Gasteiger partial charge in [0.1, 0.15) is 6.10 Å².